The number of carbonyl (C=O) groups excluding carboxylic acids is 1. The summed E-state index contributed by atoms with van der Waals surface area (Å²) in [5.74, 6) is 4.05. The third-order valence-electron chi connectivity index (χ3n) is 10.0. The molecular weight excluding hydrogens is 350 g/mol. The van der Waals surface area contributed by atoms with Gasteiger partial charge >= 0.3 is 5.97 Å². The van der Waals surface area contributed by atoms with Gasteiger partial charge in [0, 0.05) is 17.8 Å². The van der Waals surface area contributed by atoms with Crippen molar-refractivity contribution in [1.29, 1.82) is 0 Å². The second-order valence-corrected chi connectivity index (χ2v) is 10.6. The van der Waals surface area contributed by atoms with Crippen LogP contribution in [0.4, 0.5) is 0 Å². The van der Waals surface area contributed by atoms with Gasteiger partial charge in [0.2, 0.25) is 0 Å². The maximum Gasteiger partial charge on any atom is 0.306 e. The van der Waals surface area contributed by atoms with Gasteiger partial charge in [-0.3, -0.25) is 4.79 Å². The minimum absolute atomic E-state index is 0.0409. The first-order valence-corrected chi connectivity index (χ1v) is 11.5. The molecule has 1 spiro atoms. The lowest BCUT2D eigenvalue weighted by Crippen LogP contribution is -2.56. The van der Waals surface area contributed by atoms with E-state index in [-0.39, 0.29) is 23.0 Å². The zero-order valence-corrected chi connectivity index (χ0v) is 16.9. The number of rotatable bonds is 2. The van der Waals surface area contributed by atoms with Gasteiger partial charge in [0.15, 0.2) is 0 Å². The first kappa shape index (κ1) is 17.4. The van der Waals surface area contributed by atoms with Crippen LogP contribution in [-0.2, 0) is 9.53 Å². The zero-order valence-electron chi connectivity index (χ0n) is 16.9. The van der Waals surface area contributed by atoms with Crippen molar-refractivity contribution in [3.05, 3.63) is 28.7 Å². The smallest absolute Gasteiger partial charge is 0.306 e. The molecule has 1 heterocycles. The van der Waals surface area contributed by atoms with E-state index in [9.17, 15) is 9.70 Å². The second-order valence-electron chi connectivity index (χ2n) is 10.6. The van der Waals surface area contributed by atoms with Crippen LogP contribution in [0.2, 0.25) is 0 Å². The quantitative estimate of drug-likeness (QED) is 0.489. The Balaban J connectivity index is 1.39. The van der Waals surface area contributed by atoms with E-state index in [1.54, 1.807) is 0 Å². The molecule has 1 aliphatic heterocycles. The Morgan fingerprint density at radius 3 is 2.79 bits per heavy atom. The number of allylic oxidation sites excluding steroid dienone is 2. The number of fused-ring (bicyclic) bond motifs is 9. The number of nitrogens with zero attached hydrogens (tertiary/aromatic N) is 1. The summed E-state index contributed by atoms with van der Waals surface area (Å²) in [6, 6.07) is -0.154. The maximum atomic E-state index is 12.2. The molecule has 0 N–H and O–H groups in total. The molecule has 4 saturated carbocycles. The molecule has 150 valence electrons. The number of nitroso groups, excluding NO2 is 1. The Morgan fingerprint density at radius 2 is 2.07 bits per heavy atom. The van der Waals surface area contributed by atoms with Crippen molar-refractivity contribution in [1.82, 2.24) is 0 Å². The van der Waals surface area contributed by atoms with E-state index in [2.05, 4.69) is 24.8 Å². The minimum atomic E-state index is -0.157. The van der Waals surface area contributed by atoms with E-state index < -0.39 is 0 Å². The summed E-state index contributed by atoms with van der Waals surface area (Å²) in [5, 5.41) is 3.31. The molecule has 5 aliphatic carbocycles. The van der Waals surface area contributed by atoms with Crippen molar-refractivity contribution in [2.45, 2.75) is 76.4 Å². The second kappa shape index (κ2) is 5.58. The van der Waals surface area contributed by atoms with Gasteiger partial charge in [-0.1, -0.05) is 30.3 Å². The van der Waals surface area contributed by atoms with Gasteiger partial charge in [0.1, 0.15) is 11.6 Å². The third-order valence-corrected chi connectivity index (χ3v) is 10.0. The molecule has 0 bridgehead atoms. The molecule has 28 heavy (non-hydrogen) atoms. The Hall–Kier alpha value is -1.45. The highest BCUT2D eigenvalue weighted by Gasteiger charge is 2.79. The summed E-state index contributed by atoms with van der Waals surface area (Å²) in [4.78, 5) is 23.3. The standard InChI is InChI=1S/C24H31NO3/c1-3-23-8-6-16-15-5-4-14(25-27)11-17(15)13(2)10-18(16)22(23)19-12-20(19)24(23)9-7-21(26)28-24/h11,14-16,18-20,22H,2-10,12H2,1H3/t14?,15-,16?,18?,19?,20?,22?,23+,24+/m1/s1. The summed E-state index contributed by atoms with van der Waals surface area (Å²) in [7, 11) is 0. The first-order valence-electron chi connectivity index (χ1n) is 11.5. The number of ether oxygens (including phenoxy) is 1. The Labute approximate surface area is 167 Å². The Bertz CT molecular complexity index is 802. The average Bonchev–Trinajstić information content (AvgIpc) is 3.35. The number of hydrogen-bond donors (Lipinski definition) is 0. The molecule has 6 aliphatic rings. The predicted molar refractivity (Wildman–Crippen MR) is 106 cm³/mol. The lowest BCUT2D eigenvalue weighted by Gasteiger charge is -2.58. The van der Waals surface area contributed by atoms with Crippen LogP contribution in [0.1, 0.15) is 64.7 Å². The molecule has 1 saturated heterocycles. The van der Waals surface area contributed by atoms with Gasteiger partial charge in [0.25, 0.3) is 0 Å². The van der Waals surface area contributed by atoms with Crippen molar-refractivity contribution in [3.8, 4) is 0 Å². The molecule has 6 rings (SSSR count). The number of esters is 1. The van der Waals surface area contributed by atoms with Crippen LogP contribution in [0.5, 0.6) is 0 Å². The Kier molecular flexibility index (Phi) is 3.47. The summed E-state index contributed by atoms with van der Waals surface area (Å²) >= 11 is 0. The molecule has 4 heteroatoms. The van der Waals surface area contributed by atoms with E-state index in [4.69, 9.17) is 4.74 Å². The lowest BCUT2D eigenvalue weighted by atomic mass is 9.47. The van der Waals surface area contributed by atoms with E-state index in [1.807, 2.05) is 0 Å². The fourth-order valence-electron chi connectivity index (χ4n) is 9.14. The average molecular weight is 382 g/mol. The van der Waals surface area contributed by atoms with Crippen molar-refractivity contribution in [3.63, 3.8) is 0 Å². The third kappa shape index (κ3) is 1.90. The molecule has 0 aromatic rings. The van der Waals surface area contributed by atoms with Crippen LogP contribution in [0.3, 0.4) is 0 Å². The highest BCUT2D eigenvalue weighted by molar-refractivity contribution is 5.73. The summed E-state index contributed by atoms with van der Waals surface area (Å²) < 4.78 is 6.25. The van der Waals surface area contributed by atoms with Crippen LogP contribution in [0, 0.1) is 45.8 Å². The van der Waals surface area contributed by atoms with Crippen molar-refractivity contribution in [2.24, 2.45) is 46.1 Å². The van der Waals surface area contributed by atoms with Crippen LogP contribution < -0.4 is 0 Å². The van der Waals surface area contributed by atoms with Gasteiger partial charge in [-0.05, 0) is 86.5 Å². The number of hydrogen-bond acceptors (Lipinski definition) is 4. The van der Waals surface area contributed by atoms with E-state index in [0.29, 0.717) is 36.0 Å². The molecule has 6 unspecified atom stereocenters. The zero-order chi connectivity index (χ0) is 19.3. The Morgan fingerprint density at radius 1 is 1.21 bits per heavy atom. The summed E-state index contributed by atoms with van der Waals surface area (Å²) in [5.41, 5.74) is 2.65. The molecule has 5 fully saturated rings. The minimum Gasteiger partial charge on any atom is -0.458 e. The van der Waals surface area contributed by atoms with Crippen LogP contribution in [0.25, 0.3) is 0 Å². The van der Waals surface area contributed by atoms with E-state index in [1.165, 1.54) is 30.4 Å². The number of carbonyl (C=O) groups is 1. The van der Waals surface area contributed by atoms with Gasteiger partial charge in [0.05, 0.1) is 0 Å². The summed E-state index contributed by atoms with van der Waals surface area (Å²) in [6.07, 6.45) is 11.6. The highest BCUT2D eigenvalue weighted by atomic mass is 16.6. The van der Waals surface area contributed by atoms with Crippen LogP contribution >= 0.6 is 0 Å². The molecule has 4 nitrogen and oxygen atoms in total. The maximum absolute atomic E-state index is 12.2. The van der Waals surface area contributed by atoms with Crippen LogP contribution in [-0.4, -0.2) is 17.6 Å². The van der Waals surface area contributed by atoms with E-state index >= 15 is 0 Å². The van der Waals surface area contributed by atoms with Gasteiger partial charge in [-0.25, -0.2) is 0 Å². The fraction of sp³-hybridized carbons (Fsp3) is 0.792. The molecule has 9 atom stereocenters. The monoisotopic (exact) mass is 381 g/mol. The highest BCUT2D eigenvalue weighted by Crippen LogP contribution is 2.79. The summed E-state index contributed by atoms with van der Waals surface area (Å²) in [6.45, 7) is 6.81. The van der Waals surface area contributed by atoms with Gasteiger partial charge in [-0.2, -0.15) is 4.91 Å². The normalized spacial score (nSPS) is 53.6. The molecule has 0 aromatic carbocycles. The molecular formula is C24H31NO3. The lowest BCUT2D eigenvalue weighted by molar-refractivity contribution is -0.178. The van der Waals surface area contributed by atoms with Crippen molar-refractivity contribution >= 4 is 5.97 Å². The van der Waals surface area contributed by atoms with Crippen molar-refractivity contribution in [2.75, 3.05) is 0 Å². The molecule has 0 amide bonds. The fourth-order valence-corrected chi connectivity index (χ4v) is 9.14. The largest absolute Gasteiger partial charge is 0.458 e. The SMILES string of the molecule is C=C1CC2C(CC[C@@]3(CC)C2C2CC2[C@@]32CCC(=O)O2)[C@H]2CCC(N=O)C=C12. The van der Waals surface area contributed by atoms with Gasteiger partial charge in [-0.15, -0.1) is 0 Å². The van der Waals surface area contributed by atoms with E-state index in [0.717, 1.165) is 38.0 Å². The predicted octanol–water partition coefficient (Wildman–Crippen LogP) is 5.18. The first-order chi connectivity index (χ1) is 13.5. The molecule has 0 radical (unpaired) electrons. The van der Waals surface area contributed by atoms with Crippen molar-refractivity contribution < 1.29 is 9.53 Å². The van der Waals surface area contributed by atoms with Crippen LogP contribution in [0.15, 0.2) is 29.0 Å². The molecule has 0 aromatic heterocycles. The van der Waals surface area contributed by atoms with Gasteiger partial charge < -0.3 is 4.74 Å². The topological polar surface area (TPSA) is 55.7 Å².